The highest BCUT2D eigenvalue weighted by atomic mass is 32.2. The summed E-state index contributed by atoms with van der Waals surface area (Å²) in [5.41, 5.74) is 0.603. The van der Waals surface area contributed by atoms with Gasteiger partial charge in [0.05, 0.1) is 5.03 Å². The fraction of sp³-hybridized carbons (Fsp3) is 0.182. The number of aromatic nitrogens is 2. The lowest BCUT2D eigenvalue weighted by Gasteiger charge is -2.03. The zero-order valence-corrected chi connectivity index (χ0v) is 10.8. The number of anilines is 1. The fourth-order valence-corrected chi connectivity index (χ4v) is 2.40. The maximum absolute atomic E-state index is 11.9. The quantitative estimate of drug-likeness (QED) is 0.864. The fourth-order valence-electron chi connectivity index (χ4n) is 1.23. The normalized spacial score (nSPS) is 10.2. The summed E-state index contributed by atoms with van der Waals surface area (Å²) in [7, 11) is 0. The number of nitrogens with one attached hydrogen (secondary N) is 1. The highest BCUT2D eigenvalue weighted by molar-refractivity contribution is 7.99. The molecule has 1 amide bonds. The third kappa shape index (κ3) is 3.28. The summed E-state index contributed by atoms with van der Waals surface area (Å²) >= 11 is 3.01. The summed E-state index contributed by atoms with van der Waals surface area (Å²) in [4.78, 5) is 20.1. The zero-order chi connectivity index (χ0) is 12.1. The Hall–Kier alpha value is -1.40. The van der Waals surface area contributed by atoms with Gasteiger partial charge in [-0.05, 0) is 17.9 Å². The average Bonchev–Trinajstić information content (AvgIpc) is 2.83. The monoisotopic (exact) mass is 265 g/mol. The van der Waals surface area contributed by atoms with E-state index in [1.165, 1.54) is 11.3 Å². The Bertz CT molecular complexity index is 499. The number of carbonyl (C=O) groups excluding carboxylic acids is 1. The van der Waals surface area contributed by atoms with Crippen LogP contribution in [0.5, 0.6) is 0 Å². The van der Waals surface area contributed by atoms with Gasteiger partial charge >= 0.3 is 0 Å². The van der Waals surface area contributed by atoms with Crippen LogP contribution in [-0.4, -0.2) is 21.6 Å². The molecule has 2 aromatic rings. The summed E-state index contributed by atoms with van der Waals surface area (Å²) in [5.74, 6) is 0.783. The van der Waals surface area contributed by atoms with Crippen LogP contribution in [-0.2, 0) is 0 Å². The second kappa shape index (κ2) is 5.79. The van der Waals surface area contributed by atoms with Gasteiger partial charge in [0.15, 0.2) is 5.13 Å². The highest BCUT2D eigenvalue weighted by Crippen LogP contribution is 2.17. The third-order valence-corrected chi connectivity index (χ3v) is 3.44. The molecule has 0 fully saturated rings. The van der Waals surface area contributed by atoms with Crippen LogP contribution in [0.25, 0.3) is 0 Å². The van der Waals surface area contributed by atoms with Crippen molar-refractivity contribution >= 4 is 34.1 Å². The lowest BCUT2D eigenvalue weighted by Crippen LogP contribution is -2.11. The molecule has 2 aromatic heterocycles. The Labute approximate surface area is 107 Å². The minimum atomic E-state index is -0.152. The van der Waals surface area contributed by atoms with Crippen LogP contribution in [0, 0.1) is 0 Å². The van der Waals surface area contributed by atoms with Gasteiger partial charge in [-0.1, -0.05) is 6.92 Å². The van der Waals surface area contributed by atoms with E-state index in [4.69, 9.17) is 0 Å². The van der Waals surface area contributed by atoms with Crippen molar-refractivity contribution in [2.24, 2.45) is 0 Å². The molecule has 2 rings (SSSR count). The van der Waals surface area contributed by atoms with E-state index >= 15 is 0 Å². The summed E-state index contributed by atoms with van der Waals surface area (Å²) in [6.45, 7) is 2.05. The molecule has 0 spiro atoms. The molecule has 17 heavy (non-hydrogen) atoms. The molecular formula is C11H11N3OS2. The van der Waals surface area contributed by atoms with Gasteiger partial charge in [0.2, 0.25) is 0 Å². The van der Waals surface area contributed by atoms with E-state index in [0.29, 0.717) is 10.7 Å². The van der Waals surface area contributed by atoms with Gasteiger partial charge in [0, 0.05) is 23.3 Å². The van der Waals surface area contributed by atoms with E-state index < -0.39 is 0 Å². The SMILES string of the molecule is CCSc1cc(C(=O)Nc2nccs2)ccn1. The van der Waals surface area contributed by atoms with E-state index in [-0.39, 0.29) is 5.91 Å². The molecule has 88 valence electrons. The molecular weight excluding hydrogens is 254 g/mol. The van der Waals surface area contributed by atoms with E-state index in [1.807, 2.05) is 5.38 Å². The minimum absolute atomic E-state index is 0.152. The Morgan fingerprint density at radius 3 is 3.06 bits per heavy atom. The van der Waals surface area contributed by atoms with Crippen molar-refractivity contribution in [3.8, 4) is 0 Å². The summed E-state index contributed by atoms with van der Waals surface area (Å²) < 4.78 is 0. The molecule has 6 heteroatoms. The number of pyridine rings is 1. The van der Waals surface area contributed by atoms with Gasteiger partial charge in [-0.2, -0.15) is 0 Å². The molecule has 2 heterocycles. The van der Waals surface area contributed by atoms with Crippen molar-refractivity contribution in [1.29, 1.82) is 0 Å². The molecule has 0 aromatic carbocycles. The van der Waals surface area contributed by atoms with Crippen LogP contribution in [0.1, 0.15) is 17.3 Å². The van der Waals surface area contributed by atoms with Crippen LogP contribution >= 0.6 is 23.1 Å². The largest absolute Gasteiger partial charge is 0.298 e. The van der Waals surface area contributed by atoms with Gasteiger partial charge < -0.3 is 0 Å². The van der Waals surface area contributed by atoms with Gasteiger partial charge in [-0.15, -0.1) is 23.1 Å². The molecule has 0 radical (unpaired) electrons. The number of carbonyl (C=O) groups is 1. The first kappa shape index (κ1) is 12.1. The average molecular weight is 265 g/mol. The van der Waals surface area contributed by atoms with E-state index in [2.05, 4.69) is 22.2 Å². The standard InChI is InChI=1S/C11H11N3OS2/c1-2-16-9-7-8(3-4-12-9)10(15)14-11-13-5-6-17-11/h3-7H,2H2,1H3,(H,13,14,15). The molecule has 0 saturated carbocycles. The molecule has 0 aliphatic rings. The number of thioether (sulfide) groups is 1. The molecule has 0 saturated heterocycles. The maximum Gasteiger partial charge on any atom is 0.257 e. The predicted octanol–water partition coefficient (Wildman–Crippen LogP) is 2.90. The van der Waals surface area contributed by atoms with Crippen molar-refractivity contribution in [1.82, 2.24) is 9.97 Å². The van der Waals surface area contributed by atoms with Crippen molar-refractivity contribution in [3.63, 3.8) is 0 Å². The molecule has 0 aliphatic carbocycles. The van der Waals surface area contributed by atoms with Crippen molar-refractivity contribution in [3.05, 3.63) is 35.5 Å². The molecule has 0 bridgehead atoms. The summed E-state index contributed by atoms with van der Waals surface area (Å²) in [5, 5.41) is 6.03. The van der Waals surface area contributed by atoms with Crippen LogP contribution < -0.4 is 5.32 Å². The summed E-state index contributed by atoms with van der Waals surface area (Å²) in [6.07, 6.45) is 3.31. The lowest BCUT2D eigenvalue weighted by molar-refractivity contribution is 0.102. The van der Waals surface area contributed by atoms with Gasteiger partial charge in [-0.25, -0.2) is 9.97 Å². The van der Waals surface area contributed by atoms with E-state index in [9.17, 15) is 4.79 Å². The third-order valence-electron chi connectivity index (χ3n) is 1.94. The molecule has 1 N–H and O–H groups in total. The van der Waals surface area contributed by atoms with Crippen LogP contribution in [0.15, 0.2) is 34.9 Å². The number of hydrogen-bond donors (Lipinski definition) is 1. The minimum Gasteiger partial charge on any atom is -0.298 e. The molecule has 0 aliphatic heterocycles. The number of amides is 1. The number of thiazole rings is 1. The second-order valence-corrected chi connectivity index (χ2v) is 5.29. The predicted molar refractivity (Wildman–Crippen MR) is 70.7 cm³/mol. The number of hydrogen-bond acceptors (Lipinski definition) is 5. The molecule has 4 nitrogen and oxygen atoms in total. The molecule has 0 unspecified atom stereocenters. The first-order chi connectivity index (χ1) is 8.29. The van der Waals surface area contributed by atoms with Crippen LogP contribution in [0.3, 0.4) is 0 Å². The first-order valence-electron chi connectivity index (χ1n) is 5.09. The Balaban J connectivity index is 2.11. The Kier molecular flexibility index (Phi) is 4.11. The summed E-state index contributed by atoms with van der Waals surface area (Å²) in [6, 6.07) is 3.49. The second-order valence-electron chi connectivity index (χ2n) is 3.11. The Morgan fingerprint density at radius 1 is 1.47 bits per heavy atom. The van der Waals surface area contributed by atoms with Gasteiger partial charge in [0.1, 0.15) is 0 Å². The number of nitrogens with zero attached hydrogens (tertiary/aromatic N) is 2. The molecule has 0 atom stereocenters. The van der Waals surface area contributed by atoms with Crippen molar-refractivity contribution < 1.29 is 4.79 Å². The van der Waals surface area contributed by atoms with E-state index in [0.717, 1.165) is 10.8 Å². The van der Waals surface area contributed by atoms with Gasteiger partial charge in [0.25, 0.3) is 5.91 Å². The maximum atomic E-state index is 11.9. The van der Waals surface area contributed by atoms with E-state index in [1.54, 1.807) is 36.3 Å². The first-order valence-corrected chi connectivity index (χ1v) is 6.96. The van der Waals surface area contributed by atoms with Crippen LogP contribution in [0.4, 0.5) is 5.13 Å². The van der Waals surface area contributed by atoms with Crippen molar-refractivity contribution in [2.75, 3.05) is 11.1 Å². The van der Waals surface area contributed by atoms with Crippen molar-refractivity contribution in [2.45, 2.75) is 11.9 Å². The lowest BCUT2D eigenvalue weighted by atomic mass is 10.2. The number of rotatable bonds is 4. The topological polar surface area (TPSA) is 54.9 Å². The Morgan fingerprint density at radius 2 is 2.35 bits per heavy atom. The van der Waals surface area contributed by atoms with Crippen LogP contribution in [0.2, 0.25) is 0 Å². The highest BCUT2D eigenvalue weighted by Gasteiger charge is 2.08. The smallest absolute Gasteiger partial charge is 0.257 e. The zero-order valence-electron chi connectivity index (χ0n) is 9.21. The van der Waals surface area contributed by atoms with Gasteiger partial charge in [-0.3, -0.25) is 10.1 Å².